The number of para-hydroxylation sites is 1. The molecule has 0 unspecified atom stereocenters. The van der Waals surface area contributed by atoms with E-state index >= 15 is 0 Å². The Kier molecular flexibility index (Phi) is 2.84. The minimum atomic E-state index is 0. The van der Waals surface area contributed by atoms with Gasteiger partial charge in [-0.25, -0.2) is 0 Å². The summed E-state index contributed by atoms with van der Waals surface area (Å²) in [6.07, 6.45) is 0. The van der Waals surface area contributed by atoms with E-state index in [0.29, 0.717) is 0 Å². The molecule has 0 aliphatic rings. The van der Waals surface area contributed by atoms with Gasteiger partial charge in [-0.15, -0.1) is 0 Å². The summed E-state index contributed by atoms with van der Waals surface area (Å²) < 4.78 is 1.90. The molecule has 1 aromatic heterocycles. The van der Waals surface area contributed by atoms with Crippen molar-refractivity contribution in [2.45, 2.75) is 4.34 Å². The molecule has 0 fully saturated rings. The van der Waals surface area contributed by atoms with Crippen molar-refractivity contribution in [2.24, 2.45) is 0 Å². The minimum absolute atomic E-state index is 0. The number of hydrogen-bond acceptors (Lipinski definition) is 3. The summed E-state index contributed by atoms with van der Waals surface area (Å²) in [5, 5.41) is 0. The molecule has 0 saturated heterocycles. The van der Waals surface area contributed by atoms with Crippen LogP contribution < -0.4 is 0 Å². The first-order valence-electron chi connectivity index (χ1n) is 2.89. The molecule has 0 aliphatic heterocycles. The zero-order valence-corrected chi connectivity index (χ0v) is 7.95. The van der Waals surface area contributed by atoms with Gasteiger partial charge >= 0.3 is 17.1 Å². The van der Waals surface area contributed by atoms with Crippen LogP contribution in [0.2, 0.25) is 0 Å². The summed E-state index contributed by atoms with van der Waals surface area (Å²) in [5.41, 5.74) is 1.01. The molecule has 0 amide bonds. The van der Waals surface area contributed by atoms with Crippen LogP contribution in [0.1, 0.15) is 0 Å². The van der Waals surface area contributed by atoms with Gasteiger partial charge in [-0.05, 0) is 15.1 Å². The number of rotatable bonds is 0. The number of aromatic nitrogens is 1. The van der Waals surface area contributed by atoms with Gasteiger partial charge in [-0.3, -0.25) is 4.98 Å². The van der Waals surface area contributed by atoms with E-state index < -0.39 is 0 Å². The largest absolute Gasteiger partial charge is 1.00 e. The molecule has 0 aliphatic carbocycles. The van der Waals surface area contributed by atoms with Crippen molar-refractivity contribution < 1.29 is 17.1 Å². The molecular formula is C7H4CuNS2. The molecule has 0 saturated carbocycles. The zero-order chi connectivity index (χ0) is 6.97. The van der Waals surface area contributed by atoms with Crippen LogP contribution in [-0.2, 0) is 29.7 Å². The van der Waals surface area contributed by atoms with E-state index in [1.54, 1.807) is 11.3 Å². The molecular weight excluding hydrogens is 226 g/mol. The van der Waals surface area contributed by atoms with Crippen molar-refractivity contribution in [3.05, 3.63) is 24.3 Å². The molecule has 11 heavy (non-hydrogen) atoms. The molecule has 1 aromatic carbocycles. The van der Waals surface area contributed by atoms with Gasteiger partial charge in [0.2, 0.25) is 0 Å². The zero-order valence-electron chi connectivity index (χ0n) is 5.37. The molecule has 0 spiro atoms. The van der Waals surface area contributed by atoms with E-state index in [2.05, 4.69) is 4.98 Å². The Morgan fingerprint density at radius 3 is 2.73 bits per heavy atom. The Bertz CT molecular complexity index is 325. The van der Waals surface area contributed by atoms with Crippen molar-refractivity contribution in [2.75, 3.05) is 0 Å². The fourth-order valence-electron chi connectivity index (χ4n) is 0.851. The van der Waals surface area contributed by atoms with E-state index in [-0.39, 0.29) is 17.1 Å². The first kappa shape index (κ1) is 8.94. The average molecular weight is 230 g/mol. The first-order valence-corrected chi connectivity index (χ1v) is 4.11. The molecule has 60 valence electrons. The van der Waals surface area contributed by atoms with Crippen LogP contribution in [-0.4, -0.2) is 4.98 Å². The van der Waals surface area contributed by atoms with Gasteiger partial charge in [0.1, 0.15) is 0 Å². The van der Waals surface area contributed by atoms with Gasteiger partial charge in [0.25, 0.3) is 0 Å². The molecule has 2 aromatic rings. The number of nitrogens with zero attached hydrogens (tertiary/aromatic N) is 1. The standard InChI is InChI=1S/C7H5NS2.Cu/c9-7-8-5-3-1-2-4-6(5)10-7;/h1-4H,(H,8,9);/q;+1/p-1. The van der Waals surface area contributed by atoms with E-state index in [4.69, 9.17) is 12.6 Å². The normalized spacial score (nSPS) is 9.45. The third-order valence-corrected chi connectivity index (χ3v) is 2.45. The maximum Gasteiger partial charge on any atom is 1.00 e. The van der Waals surface area contributed by atoms with Crippen LogP contribution in [0.3, 0.4) is 0 Å². The van der Waals surface area contributed by atoms with Crippen molar-refractivity contribution >= 4 is 34.2 Å². The van der Waals surface area contributed by atoms with Gasteiger partial charge in [-0.1, -0.05) is 18.2 Å². The van der Waals surface area contributed by atoms with E-state index in [9.17, 15) is 0 Å². The number of thiazole rings is 1. The maximum atomic E-state index is 4.92. The summed E-state index contributed by atoms with van der Waals surface area (Å²) in [4.78, 5) is 4.15. The third kappa shape index (κ3) is 1.71. The quantitative estimate of drug-likeness (QED) is 0.508. The molecule has 1 heterocycles. The van der Waals surface area contributed by atoms with E-state index in [1.165, 1.54) is 4.70 Å². The predicted molar refractivity (Wildman–Crippen MR) is 45.3 cm³/mol. The summed E-state index contributed by atoms with van der Waals surface area (Å²) in [7, 11) is 0. The molecule has 1 nitrogen and oxygen atoms in total. The van der Waals surface area contributed by atoms with Crippen LogP contribution in [0.4, 0.5) is 0 Å². The van der Waals surface area contributed by atoms with Crippen molar-refractivity contribution in [1.29, 1.82) is 0 Å². The van der Waals surface area contributed by atoms with Crippen LogP contribution in [0.25, 0.3) is 10.2 Å². The fourth-order valence-corrected chi connectivity index (χ4v) is 1.92. The molecule has 0 bridgehead atoms. The van der Waals surface area contributed by atoms with Crippen LogP contribution >= 0.6 is 11.3 Å². The number of benzene rings is 1. The van der Waals surface area contributed by atoms with Gasteiger partial charge in [0.15, 0.2) is 0 Å². The Morgan fingerprint density at radius 1 is 1.27 bits per heavy atom. The summed E-state index contributed by atoms with van der Waals surface area (Å²) in [5.74, 6) is 0. The summed E-state index contributed by atoms with van der Waals surface area (Å²) in [6.45, 7) is 0. The fraction of sp³-hybridized carbons (Fsp3) is 0. The first-order chi connectivity index (χ1) is 4.86. The van der Waals surface area contributed by atoms with Gasteiger partial charge in [0.05, 0.1) is 5.52 Å². The Morgan fingerprint density at radius 2 is 2.00 bits per heavy atom. The molecule has 2 rings (SSSR count). The Balaban J connectivity index is 0.000000605. The van der Waals surface area contributed by atoms with Crippen LogP contribution in [0.15, 0.2) is 28.6 Å². The van der Waals surface area contributed by atoms with Crippen LogP contribution in [0, 0.1) is 0 Å². The molecule has 0 N–H and O–H groups in total. The summed E-state index contributed by atoms with van der Waals surface area (Å²) >= 11 is 6.48. The average Bonchev–Trinajstić information content (AvgIpc) is 2.27. The topological polar surface area (TPSA) is 12.9 Å². The number of hydrogen-bond donors (Lipinski definition) is 0. The van der Waals surface area contributed by atoms with Crippen molar-refractivity contribution in [3.63, 3.8) is 0 Å². The molecule has 0 radical (unpaired) electrons. The second-order valence-electron chi connectivity index (χ2n) is 1.95. The molecule has 4 heteroatoms. The second-order valence-corrected chi connectivity index (χ2v) is 3.62. The van der Waals surface area contributed by atoms with Gasteiger partial charge in [0, 0.05) is 0 Å². The predicted octanol–water partition coefficient (Wildman–Crippen LogP) is 2.20. The minimum Gasteiger partial charge on any atom is -0.408 e. The van der Waals surface area contributed by atoms with Gasteiger partial charge < -0.3 is 24.0 Å². The van der Waals surface area contributed by atoms with E-state index in [0.717, 1.165) is 9.86 Å². The third-order valence-electron chi connectivity index (χ3n) is 1.27. The Hall–Kier alpha value is -0.151. The van der Waals surface area contributed by atoms with Crippen molar-refractivity contribution in [3.8, 4) is 0 Å². The van der Waals surface area contributed by atoms with Crippen molar-refractivity contribution in [1.82, 2.24) is 4.98 Å². The maximum absolute atomic E-state index is 4.92. The SMILES string of the molecule is [Cu+].[S-]c1nc2ccccc2s1. The smallest absolute Gasteiger partial charge is 0.408 e. The monoisotopic (exact) mass is 229 g/mol. The second kappa shape index (κ2) is 3.50. The number of fused-ring (bicyclic) bond motifs is 1. The van der Waals surface area contributed by atoms with Crippen LogP contribution in [0.5, 0.6) is 0 Å². The van der Waals surface area contributed by atoms with E-state index in [1.807, 2.05) is 24.3 Å². The summed E-state index contributed by atoms with van der Waals surface area (Å²) in [6, 6.07) is 7.97. The Labute approximate surface area is 84.7 Å². The van der Waals surface area contributed by atoms with Gasteiger partial charge in [-0.2, -0.15) is 0 Å². The molecule has 0 atom stereocenters.